The molecule has 0 atom stereocenters. The van der Waals surface area contributed by atoms with Crippen LogP contribution >= 0.6 is 0 Å². The molecule has 0 saturated carbocycles. The largest absolute Gasteiger partial charge is 0.493 e. The van der Waals surface area contributed by atoms with Gasteiger partial charge in [0.1, 0.15) is 23.1 Å². The van der Waals surface area contributed by atoms with E-state index < -0.39 is 35.2 Å². The van der Waals surface area contributed by atoms with Gasteiger partial charge in [0.2, 0.25) is 0 Å². The Hall–Kier alpha value is -3.37. The van der Waals surface area contributed by atoms with E-state index in [-0.39, 0.29) is 55.0 Å². The van der Waals surface area contributed by atoms with Crippen LogP contribution < -0.4 is 14.8 Å². The molecular formula is C20H15F5N2O4. The smallest absolute Gasteiger partial charge is 0.419 e. The van der Waals surface area contributed by atoms with Crippen LogP contribution in [0.25, 0.3) is 0 Å². The number of halogens is 5. The minimum atomic E-state index is -4.84. The van der Waals surface area contributed by atoms with Gasteiger partial charge in [-0.1, -0.05) is 0 Å². The Labute approximate surface area is 172 Å². The van der Waals surface area contributed by atoms with Crippen LogP contribution in [0.1, 0.15) is 15.9 Å². The predicted octanol–water partition coefficient (Wildman–Crippen LogP) is 3.47. The highest BCUT2D eigenvalue weighted by Gasteiger charge is 2.36. The highest BCUT2D eigenvalue weighted by molar-refractivity contribution is 6.00. The number of nitrogens with zero attached hydrogens (tertiary/aromatic N) is 1. The maximum atomic E-state index is 14.3. The summed E-state index contributed by atoms with van der Waals surface area (Å²) in [5.74, 6) is -3.42. The Morgan fingerprint density at radius 3 is 2.61 bits per heavy atom. The van der Waals surface area contributed by atoms with E-state index >= 15 is 0 Å². The van der Waals surface area contributed by atoms with Crippen molar-refractivity contribution >= 4 is 17.5 Å². The first-order valence-electron chi connectivity index (χ1n) is 9.17. The SMILES string of the molecule is O=C1COc2cc(F)c(C(=O)N3CC(COc4ccc(F)c(C(F)(F)F)c4)C3)cc2N1. The Kier molecular flexibility index (Phi) is 5.19. The molecule has 31 heavy (non-hydrogen) atoms. The zero-order chi connectivity index (χ0) is 22.3. The third kappa shape index (κ3) is 4.25. The second-order valence-corrected chi connectivity index (χ2v) is 7.19. The molecule has 164 valence electrons. The van der Waals surface area contributed by atoms with Crippen LogP contribution in [0.15, 0.2) is 30.3 Å². The molecule has 0 unspecified atom stereocenters. The van der Waals surface area contributed by atoms with Gasteiger partial charge in [-0.25, -0.2) is 8.78 Å². The van der Waals surface area contributed by atoms with Crippen LogP contribution in [0.5, 0.6) is 11.5 Å². The topological polar surface area (TPSA) is 67.9 Å². The van der Waals surface area contributed by atoms with E-state index in [2.05, 4.69) is 5.32 Å². The number of likely N-dealkylation sites (tertiary alicyclic amines) is 1. The number of amides is 2. The standard InChI is InChI=1S/C20H15F5N2O4/c21-14-2-1-11(3-13(14)20(23,24)25)30-8-10-6-27(7-10)19(29)12-4-16-17(5-15(12)22)31-9-18(28)26-16/h1-5,10H,6-9H2,(H,26,28). The van der Waals surface area contributed by atoms with Gasteiger partial charge in [-0.3, -0.25) is 9.59 Å². The normalized spacial score (nSPS) is 16.2. The third-order valence-electron chi connectivity index (χ3n) is 4.91. The molecule has 2 aliphatic rings. The zero-order valence-electron chi connectivity index (χ0n) is 15.8. The van der Waals surface area contributed by atoms with Gasteiger partial charge in [0.15, 0.2) is 6.61 Å². The molecule has 4 rings (SSSR count). The summed E-state index contributed by atoms with van der Waals surface area (Å²) in [7, 11) is 0. The summed E-state index contributed by atoms with van der Waals surface area (Å²) in [6, 6.07) is 4.57. The van der Waals surface area contributed by atoms with Gasteiger partial charge in [0, 0.05) is 25.1 Å². The number of ether oxygens (including phenoxy) is 2. The number of benzene rings is 2. The van der Waals surface area contributed by atoms with E-state index in [4.69, 9.17) is 9.47 Å². The number of alkyl halides is 3. The fraction of sp³-hybridized carbons (Fsp3) is 0.300. The second kappa shape index (κ2) is 7.71. The van der Waals surface area contributed by atoms with Gasteiger partial charge in [-0.2, -0.15) is 13.2 Å². The van der Waals surface area contributed by atoms with E-state index in [1.807, 2.05) is 0 Å². The molecule has 2 aromatic carbocycles. The highest BCUT2D eigenvalue weighted by atomic mass is 19.4. The molecule has 0 spiro atoms. The van der Waals surface area contributed by atoms with E-state index in [0.29, 0.717) is 12.1 Å². The fourth-order valence-corrected chi connectivity index (χ4v) is 3.30. The molecule has 2 aromatic rings. The number of anilines is 1. The second-order valence-electron chi connectivity index (χ2n) is 7.19. The third-order valence-corrected chi connectivity index (χ3v) is 4.91. The Balaban J connectivity index is 1.35. The average molecular weight is 442 g/mol. The maximum Gasteiger partial charge on any atom is 0.419 e. The molecule has 0 bridgehead atoms. The van der Waals surface area contributed by atoms with Crippen molar-refractivity contribution in [3.63, 3.8) is 0 Å². The van der Waals surface area contributed by atoms with Crippen molar-refractivity contribution < 1.29 is 41.0 Å². The van der Waals surface area contributed by atoms with Crippen LogP contribution in [0.3, 0.4) is 0 Å². The Bertz CT molecular complexity index is 1050. The summed E-state index contributed by atoms with van der Waals surface area (Å²) in [6.45, 7) is 0.159. The molecule has 2 heterocycles. The number of carbonyl (C=O) groups is 2. The van der Waals surface area contributed by atoms with Gasteiger partial charge >= 0.3 is 6.18 Å². The van der Waals surface area contributed by atoms with Crippen LogP contribution in [-0.2, 0) is 11.0 Å². The Morgan fingerprint density at radius 1 is 1.16 bits per heavy atom. The summed E-state index contributed by atoms with van der Waals surface area (Å²) in [5.41, 5.74) is -1.47. The van der Waals surface area contributed by atoms with Crippen molar-refractivity contribution in [2.45, 2.75) is 6.18 Å². The van der Waals surface area contributed by atoms with Crippen molar-refractivity contribution in [1.82, 2.24) is 4.90 Å². The highest BCUT2D eigenvalue weighted by Crippen LogP contribution is 2.34. The molecular weight excluding hydrogens is 427 g/mol. The Morgan fingerprint density at radius 2 is 1.90 bits per heavy atom. The van der Waals surface area contributed by atoms with Gasteiger partial charge in [0.25, 0.3) is 11.8 Å². The predicted molar refractivity (Wildman–Crippen MR) is 96.8 cm³/mol. The first-order valence-corrected chi connectivity index (χ1v) is 9.17. The van der Waals surface area contributed by atoms with E-state index in [1.165, 1.54) is 11.0 Å². The van der Waals surface area contributed by atoms with Crippen molar-refractivity contribution in [3.05, 3.63) is 53.1 Å². The van der Waals surface area contributed by atoms with Crippen LogP contribution in [0.4, 0.5) is 27.6 Å². The summed E-state index contributed by atoms with van der Waals surface area (Å²) in [5, 5.41) is 2.50. The van der Waals surface area contributed by atoms with Gasteiger partial charge in [-0.05, 0) is 24.3 Å². The summed E-state index contributed by atoms with van der Waals surface area (Å²) in [4.78, 5) is 25.3. The lowest BCUT2D eigenvalue weighted by molar-refractivity contribution is -0.140. The molecule has 2 amide bonds. The molecule has 11 heteroatoms. The summed E-state index contributed by atoms with van der Waals surface area (Å²) >= 11 is 0. The number of rotatable bonds is 4. The minimum absolute atomic E-state index is 0.00325. The molecule has 0 aromatic heterocycles. The first kappa shape index (κ1) is 20.9. The van der Waals surface area contributed by atoms with Crippen LogP contribution in [0.2, 0.25) is 0 Å². The fourth-order valence-electron chi connectivity index (χ4n) is 3.30. The monoisotopic (exact) mass is 442 g/mol. The number of nitrogens with one attached hydrogen (secondary N) is 1. The van der Waals surface area contributed by atoms with Gasteiger partial charge < -0.3 is 19.7 Å². The number of hydrogen-bond acceptors (Lipinski definition) is 4. The molecule has 1 N–H and O–H groups in total. The molecule has 1 fully saturated rings. The molecule has 6 nitrogen and oxygen atoms in total. The maximum absolute atomic E-state index is 14.3. The molecule has 0 aliphatic carbocycles. The number of hydrogen-bond donors (Lipinski definition) is 1. The van der Waals surface area contributed by atoms with Crippen molar-refractivity contribution in [2.75, 3.05) is 31.6 Å². The van der Waals surface area contributed by atoms with Crippen LogP contribution in [0, 0.1) is 17.6 Å². The lowest BCUT2D eigenvalue weighted by atomic mass is 9.99. The van der Waals surface area contributed by atoms with Crippen molar-refractivity contribution in [2.24, 2.45) is 5.92 Å². The van der Waals surface area contributed by atoms with Crippen LogP contribution in [-0.4, -0.2) is 43.0 Å². The lowest BCUT2D eigenvalue weighted by Gasteiger charge is -2.39. The summed E-state index contributed by atoms with van der Waals surface area (Å²) in [6.07, 6.45) is -4.84. The molecule has 1 saturated heterocycles. The number of carbonyl (C=O) groups excluding carboxylic acids is 2. The molecule has 0 radical (unpaired) electrons. The van der Waals surface area contributed by atoms with E-state index in [9.17, 15) is 31.5 Å². The van der Waals surface area contributed by atoms with Crippen molar-refractivity contribution in [3.8, 4) is 11.5 Å². The first-order chi connectivity index (χ1) is 14.6. The van der Waals surface area contributed by atoms with Gasteiger partial charge in [0.05, 0.1) is 23.4 Å². The van der Waals surface area contributed by atoms with E-state index in [0.717, 1.165) is 12.1 Å². The zero-order valence-corrected chi connectivity index (χ0v) is 15.8. The minimum Gasteiger partial charge on any atom is -0.493 e. The molecule has 2 aliphatic heterocycles. The lowest BCUT2D eigenvalue weighted by Crippen LogP contribution is -2.52. The number of fused-ring (bicyclic) bond motifs is 1. The summed E-state index contributed by atoms with van der Waals surface area (Å²) < 4.78 is 76.3. The average Bonchev–Trinajstić information content (AvgIpc) is 2.66. The van der Waals surface area contributed by atoms with Crippen molar-refractivity contribution in [1.29, 1.82) is 0 Å². The van der Waals surface area contributed by atoms with E-state index in [1.54, 1.807) is 0 Å². The quantitative estimate of drug-likeness (QED) is 0.737. The van der Waals surface area contributed by atoms with Gasteiger partial charge in [-0.15, -0.1) is 0 Å².